The highest BCUT2D eigenvalue weighted by Crippen LogP contribution is 2.26. The van der Waals surface area contributed by atoms with Crippen molar-refractivity contribution in [3.8, 4) is 5.75 Å². The van der Waals surface area contributed by atoms with Crippen LogP contribution in [-0.2, 0) is 9.59 Å². The van der Waals surface area contributed by atoms with E-state index in [9.17, 15) is 19.1 Å². The SMILES string of the molecule is CNC(=O)CCC1(O)CCCN(C(=O)CCOc2cccc(F)c2)C1. The normalized spacial score (nSPS) is 20.2. The summed E-state index contributed by atoms with van der Waals surface area (Å²) in [6.07, 6.45) is 1.99. The number of rotatable bonds is 7. The molecule has 1 saturated heterocycles. The van der Waals surface area contributed by atoms with Crippen LogP contribution in [0.4, 0.5) is 4.39 Å². The standard InChI is InChI=1S/C18H25FN2O4/c1-20-16(22)6-9-18(24)8-3-10-21(13-18)17(23)7-11-25-15-5-2-4-14(19)12-15/h2,4-5,12,24H,3,6-11,13H2,1H3,(H,20,22). The lowest BCUT2D eigenvalue weighted by Crippen LogP contribution is -2.50. The van der Waals surface area contributed by atoms with Crippen LogP contribution in [0.3, 0.4) is 0 Å². The maximum absolute atomic E-state index is 13.1. The molecule has 6 nitrogen and oxygen atoms in total. The summed E-state index contributed by atoms with van der Waals surface area (Å²) in [5.74, 6) is -0.246. The number of benzene rings is 1. The fraction of sp³-hybridized carbons (Fsp3) is 0.556. The van der Waals surface area contributed by atoms with Crippen LogP contribution in [0.2, 0.25) is 0 Å². The zero-order valence-electron chi connectivity index (χ0n) is 14.5. The molecule has 1 aromatic rings. The summed E-state index contributed by atoms with van der Waals surface area (Å²) in [6.45, 7) is 0.958. The van der Waals surface area contributed by atoms with Crippen LogP contribution >= 0.6 is 0 Å². The number of aliphatic hydroxyl groups is 1. The largest absolute Gasteiger partial charge is 0.493 e. The molecule has 0 aromatic heterocycles. The molecule has 0 radical (unpaired) electrons. The highest BCUT2D eigenvalue weighted by Gasteiger charge is 2.35. The van der Waals surface area contributed by atoms with E-state index in [2.05, 4.69) is 5.32 Å². The molecule has 2 rings (SSSR count). The van der Waals surface area contributed by atoms with Crippen LogP contribution in [0.5, 0.6) is 5.75 Å². The van der Waals surface area contributed by atoms with Crippen LogP contribution in [0.25, 0.3) is 0 Å². The molecular weight excluding hydrogens is 327 g/mol. The van der Waals surface area contributed by atoms with Crippen molar-refractivity contribution in [3.05, 3.63) is 30.1 Å². The van der Waals surface area contributed by atoms with Gasteiger partial charge < -0.3 is 20.1 Å². The third kappa shape index (κ3) is 6.01. The van der Waals surface area contributed by atoms with E-state index in [1.165, 1.54) is 12.1 Å². The second kappa shape index (κ2) is 8.80. The van der Waals surface area contributed by atoms with Crippen molar-refractivity contribution < 1.29 is 23.8 Å². The molecule has 2 amide bonds. The van der Waals surface area contributed by atoms with Crippen molar-refractivity contribution in [1.29, 1.82) is 0 Å². The molecule has 1 fully saturated rings. The Morgan fingerprint density at radius 2 is 2.20 bits per heavy atom. The van der Waals surface area contributed by atoms with Gasteiger partial charge in [-0.25, -0.2) is 4.39 Å². The van der Waals surface area contributed by atoms with Gasteiger partial charge in [-0.2, -0.15) is 0 Å². The molecule has 0 bridgehead atoms. The first-order valence-corrected chi connectivity index (χ1v) is 8.51. The van der Waals surface area contributed by atoms with Crippen molar-refractivity contribution in [1.82, 2.24) is 10.2 Å². The van der Waals surface area contributed by atoms with Gasteiger partial charge >= 0.3 is 0 Å². The topological polar surface area (TPSA) is 78.9 Å². The minimum absolute atomic E-state index is 0.116. The molecule has 138 valence electrons. The number of hydrogen-bond acceptors (Lipinski definition) is 4. The van der Waals surface area contributed by atoms with E-state index in [1.54, 1.807) is 24.1 Å². The first kappa shape index (κ1) is 19.2. The van der Waals surface area contributed by atoms with E-state index in [0.717, 1.165) is 0 Å². The second-order valence-corrected chi connectivity index (χ2v) is 6.37. The van der Waals surface area contributed by atoms with Gasteiger partial charge in [-0.05, 0) is 31.4 Å². The lowest BCUT2D eigenvalue weighted by atomic mass is 9.88. The second-order valence-electron chi connectivity index (χ2n) is 6.37. The molecule has 1 atom stereocenters. The quantitative estimate of drug-likeness (QED) is 0.779. The number of amides is 2. The monoisotopic (exact) mass is 352 g/mol. The third-order valence-corrected chi connectivity index (χ3v) is 4.39. The number of nitrogens with zero attached hydrogens (tertiary/aromatic N) is 1. The average Bonchev–Trinajstić information content (AvgIpc) is 2.59. The molecule has 1 aliphatic heterocycles. The Kier molecular flexibility index (Phi) is 6.75. The maximum atomic E-state index is 13.1. The van der Waals surface area contributed by atoms with Crippen molar-refractivity contribution in [3.63, 3.8) is 0 Å². The van der Waals surface area contributed by atoms with Crippen LogP contribution in [0.15, 0.2) is 24.3 Å². The minimum atomic E-state index is -1.02. The highest BCUT2D eigenvalue weighted by molar-refractivity contribution is 5.77. The van der Waals surface area contributed by atoms with Gasteiger partial charge in [0.1, 0.15) is 11.6 Å². The van der Waals surface area contributed by atoms with Crippen LogP contribution < -0.4 is 10.1 Å². The average molecular weight is 352 g/mol. The third-order valence-electron chi connectivity index (χ3n) is 4.39. The number of β-amino-alcohol motifs (C(OH)–C–C–N with tert-alkyl or cyclic N) is 1. The van der Waals surface area contributed by atoms with Crippen molar-refractivity contribution in [2.24, 2.45) is 0 Å². The summed E-state index contributed by atoms with van der Waals surface area (Å²) in [4.78, 5) is 25.3. The van der Waals surface area contributed by atoms with Gasteiger partial charge in [-0.15, -0.1) is 0 Å². The molecule has 1 aliphatic rings. The molecule has 0 saturated carbocycles. The summed E-state index contributed by atoms with van der Waals surface area (Å²) >= 11 is 0. The molecule has 1 aromatic carbocycles. The summed E-state index contributed by atoms with van der Waals surface area (Å²) in [6, 6.07) is 5.77. The first-order chi connectivity index (χ1) is 11.9. The zero-order chi connectivity index (χ0) is 18.3. The van der Waals surface area contributed by atoms with E-state index in [-0.39, 0.29) is 43.6 Å². The summed E-state index contributed by atoms with van der Waals surface area (Å²) in [5, 5.41) is 13.2. The number of hydrogen-bond donors (Lipinski definition) is 2. The summed E-state index contributed by atoms with van der Waals surface area (Å²) < 4.78 is 18.5. The highest BCUT2D eigenvalue weighted by atomic mass is 19.1. The Bertz CT molecular complexity index is 610. The molecule has 0 aliphatic carbocycles. The van der Waals surface area contributed by atoms with Crippen molar-refractivity contribution in [2.45, 2.75) is 37.7 Å². The zero-order valence-corrected chi connectivity index (χ0v) is 14.5. The number of nitrogens with one attached hydrogen (secondary N) is 1. The first-order valence-electron chi connectivity index (χ1n) is 8.51. The summed E-state index contributed by atoms with van der Waals surface area (Å²) in [5.41, 5.74) is -1.02. The number of piperidine rings is 1. The molecule has 1 heterocycles. The van der Waals surface area contributed by atoms with Gasteiger partial charge in [-0.1, -0.05) is 6.07 Å². The lowest BCUT2D eigenvalue weighted by molar-refractivity contribution is -0.139. The molecule has 0 spiro atoms. The fourth-order valence-electron chi connectivity index (χ4n) is 2.97. The Labute approximate surface area is 147 Å². The molecule has 7 heteroatoms. The number of halogens is 1. The molecule has 25 heavy (non-hydrogen) atoms. The van der Waals surface area contributed by atoms with Gasteiger partial charge in [0.15, 0.2) is 0 Å². The number of ether oxygens (including phenoxy) is 1. The van der Waals surface area contributed by atoms with E-state index >= 15 is 0 Å². The van der Waals surface area contributed by atoms with Gasteiger partial charge in [0.05, 0.1) is 18.6 Å². The Morgan fingerprint density at radius 3 is 2.92 bits per heavy atom. The lowest BCUT2D eigenvalue weighted by Gasteiger charge is -2.39. The van der Waals surface area contributed by atoms with Crippen molar-refractivity contribution in [2.75, 3.05) is 26.7 Å². The smallest absolute Gasteiger partial charge is 0.226 e. The predicted molar refractivity (Wildman–Crippen MR) is 90.6 cm³/mol. The van der Waals surface area contributed by atoms with Gasteiger partial charge in [0.2, 0.25) is 11.8 Å². The fourth-order valence-corrected chi connectivity index (χ4v) is 2.97. The Balaban J connectivity index is 1.79. The van der Waals surface area contributed by atoms with Crippen LogP contribution in [-0.4, -0.2) is 54.2 Å². The Morgan fingerprint density at radius 1 is 1.40 bits per heavy atom. The van der Waals surface area contributed by atoms with Crippen LogP contribution in [0, 0.1) is 5.82 Å². The molecule has 1 unspecified atom stereocenters. The number of carbonyl (C=O) groups excluding carboxylic acids is 2. The molecular formula is C18H25FN2O4. The predicted octanol–water partition coefficient (Wildman–Crippen LogP) is 1.47. The summed E-state index contributed by atoms with van der Waals surface area (Å²) in [7, 11) is 1.56. The van der Waals surface area contributed by atoms with Gasteiger partial charge in [0, 0.05) is 32.6 Å². The maximum Gasteiger partial charge on any atom is 0.226 e. The van der Waals surface area contributed by atoms with E-state index in [1.807, 2.05) is 0 Å². The van der Waals surface area contributed by atoms with Gasteiger partial charge in [-0.3, -0.25) is 9.59 Å². The van der Waals surface area contributed by atoms with Gasteiger partial charge in [0.25, 0.3) is 0 Å². The van der Waals surface area contributed by atoms with Crippen LogP contribution in [0.1, 0.15) is 32.1 Å². The van der Waals surface area contributed by atoms with Crippen molar-refractivity contribution >= 4 is 11.8 Å². The number of carbonyl (C=O) groups is 2. The number of likely N-dealkylation sites (tertiary alicyclic amines) is 1. The minimum Gasteiger partial charge on any atom is -0.493 e. The van der Waals surface area contributed by atoms with E-state index in [4.69, 9.17) is 4.74 Å². The van der Waals surface area contributed by atoms with E-state index < -0.39 is 5.60 Å². The Hall–Kier alpha value is -2.15. The molecule has 2 N–H and O–H groups in total. The van der Waals surface area contributed by atoms with E-state index in [0.29, 0.717) is 31.6 Å².